The molecular formula is C18H20N2NaO4+. The van der Waals surface area contributed by atoms with E-state index in [1.165, 1.54) is 18.2 Å². The smallest absolute Gasteiger partial charge is 0.872 e. The molecule has 1 atom stereocenters. The minimum absolute atomic E-state index is 0. The molecule has 126 valence electrons. The maximum atomic E-state index is 12.4. The summed E-state index contributed by atoms with van der Waals surface area (Å²) >= 11 is 0. The first-order valence-corrected chi connectivity index (χ1v) is 7.72. The molecule has 7 heteroatoms. The van der Waals surface area contributed by atoms with E-state index in [2.05, 4.69) is 5.32 Å². The van der Waals surface area contributed by atoms with Crippen molar-refractivity contribution in [1.82, 2.24) is 0 Å². The molecule has 0 fully saturated rings. The molecule has 0 saturated heterocycles. The number of hydrogen-bond acceptors (Lipinski definition) is 3. The zero-order valence-electron chi connectivity index (χ0n) is 14.9. The summed E-state index contributed by atoms with van der Waals surface area (Å²) in [6.07, 6.45) is 0.909. The van der Waals surface area contributed by atoms with Gasteiger partial charge in [-0.2, -0.15) is 0 Å². The number of anilines is 1. The Bertz CT molecular complexity index is 793. The third-order valence-corrected chi connectivity index (χ3v) is 4.09. The van der Waals surface area contributed by atoms with E-state index in [-0.39, 0.29) is 57.4 Å². The minimum Gasteiger partial charge on any atom is -0.872 e. The van der Waals surface area contributed by atoms with Crippen molar-refractivity contribution >= 4 is 17.3 Å². The summed E-state index contributed by atoms with van der Waals surface area (Å²) in [5.41, 5.74) is 2.06. The van der Waals surface area contributed by atoms with E-state index in [0.29, 0.717) is 11.3 Å². The molecule has 0 heterocycles. The predicted molar refractivity (Wildman–Crippen MR) is 88.8 cm³/mol. The maximum Gasteiger partial charge on any atom is 1.00 e. The van der Waals surface area contributed by atoms with Gasteiger partial charge in [0.2, 0.25) is 0 Å². The fraction of sp³-hybridized carbons (Fsp3) is 0.278. The predicted octanol–water partition coefficient (Wildman–Crippen LogP) is 0.638. The summed E-state index contributed by atoms with van der Waals surface area (Å²) in [7, 11) is 0. The molecule has 0 aromatic heterocycles. The zero-order valence-corrected chi connectivity index (χ0v) is 16.9. The molecule has 0 saturated carbocycles. The SMILES string of the molecule is CCC(C)c1ccc([O-])c(C(=O)Nc2ccc([N+](=O)O)c(C)c2)c1.[Na+]. The van der Waals surface area contributed by atoms with Crippen LogP contribution in [0.1, 0.15) is 47.7 Å². The van der Waals surface area contributed by atoms with Gasteiger partial charge >= 0.3 is 35.2 Å². The summed E-state index contributed by atoms with van der Waals surface area (Å²) in [4.78, 5) is 23.1. The average molecular weight is 351 g/mol. The minimum atomic E-state index is -0.500. The van der Waals surface area contributed by atoms with Crippen molar-refractivity contribution in [2.75, 3.05) is 5.32 Å². The molecule has 1 amide bonds. The Morgan fingerprint density at radius 1 is 1.28 bits per heavy atom. The molecule has 2 N–H and O–H groups in total. The van der Waals surface area contributed by atoms with Crippen LogP contribution in [0.5, 0.6) is 5.75 Å². The number of aryl methyl sites for hydroxylation is 1. The van der Waals surface area contributed by atoms with Gasteiger partial charge < -0.3 is 10.4 Å². The van der Waals surface area contributed by atoms with Crippen LogP contribution in [0.3, 0.4) is 0 Å². The number of hydrogen-bond donors (Lipinski definition) is 2. The van der Waals surface area contributed by atoms with E-state index in [1.54, 1.807) is 25.1 Å². The molecule has 2 rings (SSSR count). The van der Waals surface area contributed by atoms with Gasteiger partial charge in [0.25, 0.3) is 10.8 Å². The summed E-state index contributed by atoms with van der Waals surface area (Å²) in [6, 6.07) is 9.22. The molecule has 0 aliphatic rings. The number of carbonyl (C=O) groups excluding carboxylic acids is 1. The molecule has 0 radical (unpaired) electrons. The number of carbonyl (C=O) groups is 1. The Labute approximate surface area is 168 Å². The Morgan fingerprint density at radius 3 is 2.52 bits per heavy atom. The van der Waals surface area contributed by atoms with Gasteiger partial charge in [0.1, 0.15) is 0 Å². The summed E-state index contributed by atoms with van der Waals surface area (Å²) in [5.74, 6) is -0.583. The second-order valence-electron chi connectivity index (χ2n) is 5.79. The van der Waals surface area contributed by atoms with E-state index >= 15 is 0 Å². The largest absolute Gasteiger partial charge is 1.00 e. The van der Waals surface area contributed by atoms with Crippen molar-refractivity contribution in [2.45, 2.75) is 33.1 Å². The Kier molecular flexibility index (Phi) is 7.60. The van der Waals surface area contributed by atoms with Crippen LogP contribution >= 0.6 is 0 Å². The van der Waals surface area contributed by atoms with Gasteiger partial charge in [-0.25, -0.2) is 5.21 Å². The fourth-order valence-corrected chi connectivity index (χ4v) is 2.41. The topological polar surface area (TPSA) is 92.5 Å². The average Bonchev–Trinajstić information content (AvgIpc) is 2.54. The molecule has 0 bridgehead atoms. The van der Waals surface area contributed by atoms with Crippen molar-refractivity contribution < 1.29 is 49.6 Å². The zero-order chi connectivity index (χ0) is 17.9. The molecule has 0 aliphatic heterocycles. The summed E-state index contributed by atoms with van der Waals surface area (Å²) in [5, 5.41) is 23.6. The standard InChI is InChI=1S/C18H20N2O4.Na/c1-4-11(2)13-5-8-17(21)15(10-13)18(22)19-14-6-7-16(20(23)24)12(3)9-14;/h5-11H,4H2,1-3H3,(H2-,19,21,22,23,24);/q;+1. The van der Waals surface area contributed by atoms with Crippen molar-refractivity contribution in [3.05, 3.63) is 58.0 Å². The molecule has 1 unspecified atom stereocenters. The second-order valence-corrected chi connectivity index (χ2v) is 5.79. The Morgan fingerprint density at radius 2 is 1.96 bits per heavy atom. The first kappa shape index (κ1) is 21.2. The van der Waals surface area contributed by atoms with Gasteiger partial charge in [0.15, 0.2) is 0 Å². The maximum absolute atomic E-state index is 12.4. The van der Waals surface area contributed by atoms with Gasteiger partial charge in [-0.3, -0.25) is 4.79 Å². The first-order valence-electron chi connectivity index (χ1n) is 7.72. The van der Waals surface area contributed by atoms with Gasteiger partial charge in [-0.1, -0.05) is 31.7 Å². The number of amides is 1. The van der Waals surface area contributed by atoms with Gasteiger partial charge in [-0.05, 0) is 43.0 Å². The number of benzene rings is 2. The summed E-state index contributed by atoms with van der Waals surface area (Å²) < 4.78 is 0. The quantitative estimate of drug-likeness (QED) is 0.611. The number of rotatable bonds is 5. The van der Waals surface area contributed by atoms with E-state index in [4.69, 9.17) is 5.21 Å². The van der Waals surface area contributed by atoms with Crippen molar-refractivity contribution in [1.29, 1.82) is 0 Å². The molecule has 0 aliphatic carbocycles. The van der Waals surface area contributed by atoms with Crippen molar-refractivity contribution in [2.24, 2.45) is 0 Å². The van der Waals surface area contributed by atoms with Crippen LogP contribution in [-0.2, 0) is 0 Å². The third-order valence-electron chi connectivity index (χ3n) is 4.09. The van der Waals surface area contributed by atoms with Gasteiger partial charge in [-0.15, -0.1) is 0 Å². The number of nitrogens with one attached hydrogen (secondary N) is 1. The van der Waals surface area contributed by atoms with Crippen molar-refractivity contribution in [3.8, 4) is 5.75 Å². The van der Waals surface area contributed by atoms with E-state index in [0.717, 1.165) is 12.0 Å². The normalized spacial score (nSPS) is 11.3. The second kappa shape index (κ2) is 8.99. The molecule has 2 aromatic carbocycles. The van der Waals surface area contributed by atoms with E-state index < -0.39 is 5.91 Å². The van der Waals surface area contributed by atoms with Crippen LogP contribution < -0.4 is 40.0 Å². The van der Waals surface area contributed by atoms with Crippen LogP contribution in [0.2, 0.25) is 0 Å². The summed E-state index contributed by atoms with van der Waals surface area (Å²) in [6.45, 7) is 5.71. The Hall–Kier alpha value is -1.89. The van der Waals surface area contributed by atoms with Gasteiger partial charge in [0, 0.05) is 22.9 Å². The molecule has 0 spiro atoms. The van der Waals surface area contributed by atoms with E-state index in [9.17, 15) is 14.8 Å². The Balaban J connectivity index is 0.00000312. The monoisotopic (exact) mass is 351 g/mol. The van der Waals surface area contributed by atoms with Crippen LogP contribution in [-0.4, -0.2) is 16.0 Å². The van der Waals surface area contributed by atoms with Crippen LogP contribution in [0.25, 0.3) is 0 Å². The molecule has 2 aromatic rings. The van der Waals surface area contributed by atoms with E-state index in [1.807, 2.05) is 13.8 Å². The molecular weight excluding hydrogens is 331 g/mol. The van der Waals surface area contributed by atoms with Crippen LogP contribution in [0.15, 0.2) is 36.4 Å². The van der Waals surface area contributed by atoms with Gasteiger partial charge in [0.05, 0.1) is 4.91 Å². The fourth-order valence-electron chi connectivity index (χ4n) is 2.41. The molecule has 25 heavy (non-hydrogen) atoms. The first-order chi connectivity index (χ1) is 11.3. The third kappa shape index (κ3) is 5.04. The van der Waals surface area contributed by atoms with Crippen molar-refractivity contribution in [3.63, 3.8) is 0 Å². The number of nitrogens with zero attached hydrogens (tertiary/aromatic N) is 1. The van der Waals surface area contributed by atoms with Crippen LogP contribution in [0.4, 0.5) is 11.4 Å². The molecule has 6 nitrogen and oxygen atoms in total. The van der Waals surface area contributed by atoms with Crippen LogP contribution in [0, 0.1) is 11.8 Å².